The molecular weight excluding hydrogens is 916 g/mol. The first kappa shape index (κ1) is 17.1. The topological polar surface area (TPSA) is 0 Å². The van der Waals surface area contributed by atoms with Gasteiger partial charge in [-0.15, -0.1) is 0 Å². The quantitative estimate of drug-likeness (QED) is 0.441. The Morgan fingerprint density at radius 2 is 0.947 bits per heavy atom. The monoisotopic (exact) mass is 932 g/mol. The Hall–Kier alpha value is 1.71. The molecular formula is C15H16W4. The Morgan fingerprint density at radius 3 is 1.21 bits per heavy atom. The van der Waals surface area contributed by atoms with E-state index in [4.69, 9.17) is 0 Å². The summed E-state index contributed by atoms with van der Waals surface area (Å²) in [7, 11) is 0. The van der Waals surface area contributed by atoms with Gasteiger partial charge in [-0.05, 0) is 0 Å². The van der Waals surface area contributed by atoms with Crippen LogP contribution < -0.4 is 0 Å². The molecule has 0 radical (unpaired) electrons. The van der Waals surface area contributed by atoms with E-state index in [0.29, 0.717) is 11.8 Å². The fourth-order valence-corrected chi connectivity index (χ4v) is 8.22. The van der Waals surface area contributed by atoms with Gasteiger partial charge >= 0.3 is 160 Å². The van der Waals surface area contributed by atoms with E-state index in [1.807, 2.05) is 0 Å². The van der Waals surface area contributed by atoms with Crippen LogP contribution >= 0.6 is 0 Å². The molecule has 0 aliphatic rings. The molecule has 2 rings (SSSR count). The molecule has 0 saturated carbocycles. The first-order valence-electron chi connectivity index (χ1n) is 6.41. The van der Waals surface area contributed by atoms with Gasteiger partial charge in [0.1, 0.15) is 0 Å². The van der Waals surface area contributed by atoms with Gasteiger partial charge in [0.15, 0.2) is 0 Å². The maximum absolute atomic E-state index is 2.35. The SMILES string of the molecule is CC(C)c1c(Cc2c(C(C)C)[c](=[W])[c]2=[W])[c](=[W])[c]1=[W]. The molecule has 0 saturated heterocycles. The second-order valence-electron chi connectivity index (χ2n) is 5.59. The third-order valence-corrected chi connectivity index (χ3v) is 13.9. The zero-order valence-corrected chi connectivity index (χ0v) is 23.2. The number of hydrogen-bond acceptors (Lipinski definition) is 0. The second-order valence-corrected chi connectivity index (χ2v) is 11.5. The van der Waals surface area contributed by atoms with E-state index < -0.39 is 0 Å². The van der Waals surface area contributed by atoms with Crippen molar-refractivity contribution < 1.29 is 77.4 Å². The molecule has 2 aromatic rings. The van der Waals surface area contributed by atoms with Crippen LogP contribution in [0.4, 0.5) is 0 Å². The van der Waals surface area contributed by atoms with Crippen LogP contribution in [0.25, 0.3) is 0 Å². The summed E-state index contributed by atoms with van der Waals surface area (Å²) in [4.78, 5) is 0. The van der Waals surface area contributed by atoms with E-state index in [9.17, 15) is 0 Å². The van der Waals surface area contributed by atoms with Crippen LogP contribution in [0.15, 0.2) is 0 Å². The van der Waals surface area contributed by atoms with Crippen molar-refractivity contribution in [3.05, 3.63) is 36.4 Å². The molecule has 0 bridgehead atoms. The van der Waals surface area contributed by atoms with Crippen molar-refractivity contribution in [2.24, 2.45) is 0 Å². The fourth-order valence-electron chi connectivity index (χ4n) is 2.66. The molecule has 100 valence electrons. The fraction of sp³-hybridized carbons (Fsp3) is 0.467. The third-order valence-electron chi connectivity index (χ3n) is 3.61. The summed E-state index contributed by atoms with van der Waals surface area (Å²) >= 11 is 6.67. The molecule has 4 heteroatoms. The van der Waals surface area contributed by atoms with Crippen molar-refractivity contribution in [2.75, 3.05) is 0 Å². The van der Waals surface area contributed by atoms with Gasteiger partial charge in [-0.25, -0.2) is 0 Å². The molecule has 0 N–H and O–H groups in total. The van der Waals surface area contributed by atoms with Gasteiger partial charge in [-0.2, -0.15) is 0 Å². The molecule has 0 nitrogen and oxygen atoms in total. The first-order chi connectivity index (χ1) is 8.77. The van der Waals surface area contributed by atoms with Crippen molar-refractivity contribution in [1.29, 1.82) is 0 Å². The zero-order valence-electron chi connectivity index (χ0n) is 11.5. The van der Waals surface area contributed by atoms with Crippen LogP contribution in [0.1, 0.15) is 61.8 Å². The maximum atomic E-state index is 2.35. The van der Waals surface area contributed by atoms with Crippen LogP contribution in [0, 0.1) is 14.2 Å². The standard InChI is InChI=1S/C15H16.4W/c1-10(2)14-7-5-12(14)9-13-6-8-15(13)11(3)4;;;;/h10-11H,9H2,1-4H3;;;;. The molecule has 0 fully saturated rings. The van der Waals surface area contributed by atoms with Crippen molar-refractivity contribution in [3.63, 3.8) is 0 Å². The van der Waals surface area contributed by atoms with E-state index in [0.717, 1.165) is 0 Å². The van der Waals surface area contributed by atoms with Gasteiger partial charge in [0.25, 0.3) is 0 Å². The average Bonchev–Trinajstić information content (AvgIpc) is 2.34. The minimum atomic E-state index is 0.706. The minimum absolute atomic E-state index is 0.706. The first-order valence-corrected chi connectivity index (χ1v) is 12.3. The van der Waals surface area contributed by atoms with Crippen LogP contribution in [0.5, 0.6) is 0 Å². The molecule has 0 amide bonds. The second kappa shape index (κ2) is 6.45. The summed E-state index contributed by atoms with van der Waals surface area (Å²) in [5.41, 5.74) is 6.78. The van der Waals surface area contributed by atoms with E-state index in [1.54, 1.807) is 114 Å². The molecule has 2 aromatic carbocycles. The van der Waals surface area contributed by atoms with Gasteiger partial charge in [0.05, 0.1) is 0 Å². The van der Waals surface area contributed by atoms with Crippen molar-refractivity contribution >= 4 is 0 Å². The molecule has 0 atom stereocenters. The van der Waals surface area contributed by atoms with Gasteiger partial charge < -0.3 is 0 Å². The average molecular weight is 932 g/mol. The summed E-state index contributed by atoms with van der Waals surface area (Å²) in [6.45, 7) is 9.40. The molecule has 19 heavy (non-hydrogen) atoms. The molecule has 0 spiro atoms. The third kappa shape index (κ3) is 2.96. The van der Waals surface area contributed by atoms with Gasteiger partial charge in [0, 0.05) is 0 Å². The summed E-state index contributed by atoms with van der Waals surface area (Å²) in [6, 6.07) is 0. The number of rotatable bonds is 4. The number of hydrogen-bond donors (Lipinski definition) is 0. The van der Waals surface area contributed by atoms with Gasteiger partial charge in [-0.3, -0.25) is 0 Å². The molecule has 0 heterocycles. The molecule has 0 aromatic heterocycles. The van der Waals surface area contributed by atoms with E-state index in [-0.39, 0.29) is 0 Å². The Labute approximate surface area is 158 Å². The van der Waals surface area contributed by atoms with E-state index >= 15 is 0 Å². The van der Waals surface area contributed by atoms with Crippen molar-refractivity contribution in [2.45, 2.75) is 46.0 Å². The van der Waals surface area contributed by atoms with Gasteiger partial charge in [0.2, 0.25) is 0 Å². The Morgan fingerprint density at radius 1 is 0.632 bits per heavy atom. The Kier molecular flexibility index (Phi) is 5.80. The van der Waals surface area contributed by atoms with E-state index in [1.165, 1.54) is 6.42 Å². The normalized spacial score (nSPS) is 12.1. The molecule has 0 unspecified atom stereocenters. The predicted molar refractivity (Wildman–Crippen MR) is 61.6 cm³/mol. The summed E-state index contributed by atoms with van der Waals surface area (Å²) in [6.07, 6.45) is 1.23. The van der Waals surface area contributed by atoms with Crippen LogP contribution in [0.3, 0.4) is 0 Å². The summed E-state index contributed by atoms with van der Waals surface area (Å²) in [5, 5.41) is 0. The van der Waals surface area contributed by atoms with Crippen molar-refractivity contribution in [1.82, 2.24) is 0 Å². The van der Waals surface area contributed by atoms with Crippen LogP contribution in [-0.2, 0) is 83.8 Å². The Bertz CT molecular complexity index is 709. The van der Waals surface area contributed by atoms with Crippen LogP contribution in [0.2, 0.25) is 0 Å². The van der Waals surface area contributed by atoms with Crippen LogP contribution in [-0.4, -0.2) is 0 Å². The van der Waals surface area contributed by atoms with E-state index in [2.05, 4.69) is 27.7 Å². The Balaban J connectivity index is 2.45. The predicted octanol–water partition coefficient (Wildman–Crippen LogP) is 3.59. The van der Waals surface area contributed by atoms with Crippen molar-refractivity contribution in [3.8, 4) is 0 Å². The molecule has 0 aliphatic heterocycles. The van der Waals surface area contributed by atoms with Gasteiger partial charge in [-0.1, -0.05) is 0 Å². The molecule has 0 aliphatic carbocycles. The zero-order chi connectivity index (χ0) is 14.5. The summed E-state index contributed by atoms with van der Waals surface area (Å²) in [5.74, 6) is 1.41. The summed E-state index contributed by atoms with van der Waals surface area (Å²) < 4.78 is 6.69.